The largest absolute Gasteiger partial charge is 0.466 e. The van der Waals surface area contributed by atoms with E-state index in [1.165, 1.54) is 11.1 Å². The Morgan fingerprint density at radius 1 is 0.933 bits per heavy atom. The van der Waals surface area contributed by atoms with Crippen LogP contribution in [0.5, 0.6) is 0 Å². The fourth-order valence-corrected chi connectivity index (χ4v) is 3.78. The lowest BCUT2D eigenvalue weighted by Gasteiger charge is -2.25. The molecule has 164 valence electrons. The van der Waals surface area contributed by atoms with E-state index in [0.29, 0.717) is 13.0 Å². The van der Waals surface area contributed by atoms with Crippen LogP contribution in [0, 0.1) is 20.8 Å². The van der Waals surface area contributed by atoms with Gasteiger partial charge >= 0.3 is 5.97 Å². The molecule has 2 rings (SSSR count). The molecule has 0 bridgehead atoms. The molecule has 2 aromatic carbocycles. The first-order valence-electron chi connectivity index (χ1n) is 10.8. The molecule has 0 unspecified atom stereocenters. The van der Waals surface area contributed by atoms with Crippen molar-refractivity contribution in [1.29, 1.82) is 0 Å². The average molecular weight is 412 g/mol. The van der Waals surface area contributed by atoms with E-state index in [0.717, 1.165) is 47.2 Å². The molecule has 0 aliphatic carbocycles. The van der Waals surface area contributed by atoms with Gasteiger partial charge in [-0.15, -0.1) is 0 Å². The van der Waals surface area contributed by atoms with Gasteiger partial charge in [-0.05, 0) is 73.7 Å². The predicted molar refractivity (Wildman–Crippen MR) is 124 cm³/mol. The van der Waals surface area contributed by atoms with Crippen molar-refractivity contribution in [1.82, 2.24) is 4.90 Å². The number of carbonyl (C=O) groups is 2. The summed E-state index contributed by atoms with van der Waals surface area (Å²) in [4.78, 5) is 25.7. The van der Waals surface area contributed by atoms with Crippen molar-refractivity contribution in [3.63, 3.8) is 0 Å². The van der Waals surface area contributed by atoms with E-state index in [1.54, 1.807) is 0 Å². The molecule has 2 aromatic rings. The van der Waals surface area contributed by atoms with Crippen LogP contribution in [0.1, 0.15) is 59.7 Å². The summed E-state index contributed by atoms with van der Waals surface area (Å²) in [5, 5.41) is 0. The quantitative estimate of drug-likeness (QED) is 0.425. The minimum Gasteiger partial charge on any atom is -0.466 e. The first kappa shape index (κ1) is 25.6. The molecular formula is C26H37NO3. The highest BCUT2D eigenvalue weighted by Crippen LogP contribution is 2.29. The summed E-state index contributed by atoms with van der Waals surface area (Å²) in [5.41, 5.74) is 7.77. The molecular weight excluding hydrogens is 374 g/mol. The molecule has 0 spiro atoms. The fraction of sp³-hybridized carbons (Fsp3) is 0.462. The van der Waals surface area contributed by atoms with Gasteiger partial charge in [-0.25, -0.2) is 0 Å². The van der Waals surface area contributed by atoms with Crippen LogP contribution in [-0.4, -0.2) is 30.8 Å². The molecule has 0 aromatic heterocycles. The van der Waals surface area contributed by atoms with Crippen LogP contribution in [0.15, 0.2) is 30.3 Å². The van der Waals surface area contributed by atoms with Crippen LogP contribution >= 0.6 is 0 Å². The summed E-state index contributed by atoms with van der Waals surface area (Å²) >= 11 is 0. The van der Waals surface area contributed by atoms with Gasteiger partial charge < -0.3 is 9.53 Å². The molecule has 0 radical (unpaired) electrons. The fourth-order valence-electron chi connectivity index (χ4n) is 3.78. The Morgan fingerprint density at radius 2 is 1.53 bits per heavy atom. The summed E-state index contributed by atoms with van der Waals surface area (Å²) in [6.07, 6.45) is 1.56. The van der Waals surface area contributed by atoms with Crippen LogP contribution < -0.4 is 0 Å². The number of esters is 1. The molecule has 0 aliphatic rings. The number of benzene rings is 2. The zero-order valence-electron chi connectivity index (χ0n) is 19.7. The highest BCUT2D eigenvalue weighted by Gasteiger charge is 2.20. The van der Waals surface area contributed by atoms with Gasteiger partial charge in [-0.2, -0.15) is 0 Å². The number of ether oxygens (including phenoxy) is 1. The van der Waals surface area contributed by atoms with Gasteiger partial charge in [0.05, 0.1) is 13.0 Å². The van der Waals surface area contributed by atoms with Crippen LogP contribution in [0.4, 0.5) is 0 Å². The summed E-state index contributed by atoms with van der Waals surface area (Å²) in [5.74, 6) is -0.223. The maximum absolute atomic E-state index is 12.1. The van der Waals surface area contributed by atoms with E-state index in [4.69, 9.17) is 4.74 Å². The van der Waals surface area contributed by atoms with Crippen molar-refractivity contribution in [2.24, 2.45) is 0 Å². The predicted octanol–water partition coefficient (Wildman–Crippen LogP) is 5.12. The Labute approximate surface area is 182 Å². The number of aldehydes is 1. The molecule has 0 aliphatic heterocycles. The van der Waals surface area contributed by atoms with E-state index in [-0.39, 0.29) is 12.4 Å². The average Bonchev–Trinajstić information content (AvgIpc) is 2.74. The van der Waals surface area contributed by atoms with Crippen molar-refractivity contribution >= 4 is 12.3 Å². The van der Waals surface area contributed by atoms with Gasteiger partial charge in [0.1, 0.15) is 6.29 Å². The van der Waals surface area contributed by atoms with Crippen molar-refractivity contribution in [3.05, 3.63) is 69.3 Å². The summed E-state index contributed by atoms with van der Waals surface area (Å²) < 4.78 is 5.14. The van der Waals surface area contributed by atoms with Crippen molar-refractivity contribution in [2.75, 3.05) is 13.7 Å². The first-order valence-corrected chi connectivity index (χ1v) is 10.8. The third kappa shape index (κ3) is 6.81. The molecule has 0 saturated carbocycles. The van der Waals surface area contributed by atoms with Crippen LogP contribution in [-0.2, 0) is 40.3 Å². The maximum atomic E-state index is 12.1. The molecule has 4 heteroatoms. The standard InChI is InChI=1S/C24H31NO3.C2H6/c1-6-28-24(27)14-22-17(2)18(3)23(21(12-13-26)19(22)4)16-25(5)15-20-10-8-7-9-11-20;1-2/h7-11,13H,6,12,14-16H2,1-5H3;1-2H3. The van der Waals surface area contributed by atoms with Crippen LogP contribution in [0.25, 0.3) is 0 Å². The summed E-state index contributed by atoms with van der Waals surface area (Å²) in [6.45, 7) is 13.9. The van der Waals surface area contributed by atoms with Gasteiger partial charge in [-0.3, -0.25) is 9.69 Å². The highest BCUT2D eigenvalue weighted by molar-refractivity contribution is 5.75. The SMILES string of the molecule is CC.CCOC(=O)Cc1c(C)c(C)c(CN(C)Cc2ccccc2)c(CC=O)c1C. The second-order valence-corrected chi connectivity index (χ2v) is 7.32. The minimum absolute atomic E-state index is 0.223. The first-order chi connectivity index (χ1) is 14.4. The number of carbonyl (C=O) groups excluding carboxylic acids is 2. The Hall–Kier alpha value is -2.46. The third-order valence-electron chi connectivity index (χ3n) is 5.37. The van der Waals surface area contributed by atoms with Crippen molar-refractivity contribution in [3.8, 4) is 0 Å². The molecule has 0 heterocycles. The van der Waals surface area contributed by atoms with Gasteiger partial charge in [0.15, 0.2) is 0 Å². The van der Waals surface area contributed by atoms with E-state index in [9.17, 15) is 9.59 Å². The lowest BCUT2D eigenvalue weighted by atomic mass is 9.85. The normalized spacial score (nSPS) is 10.4. The van der Waals surface area contributed by atoms with E-state index >= 15 is 0 Å². The Bertz CT molecular complexity index is 828. The third-order valence-corrected chi connectivity index (χ3v) is 5.37. The van der Waals surface area contributed by atoms with Crippen molar-refractivity contribution in [2.45, 2.75) is 67.5 Å². The van der Waals surface area contributed by atoms with E-state index < -0.39 is 0 Å². The topological polar surface area (TPSA) is 46.6 Å². The second kappa shape index (κ2) is 13.0. The highest BCUT2D eigenvalue weighted by atomic mass is 16.5. The number of nitrogens with zero attached hydrogens (tertiary/aromatic N) is 1. The molecule has 0 atom stereocenters. The molecule has 0 amide bonds. The Morgan fingerprint density at radius 3 is 2.10 bits per heavy atom. The smallest absolute Gasteiger partial charge is 0.310 e. The number of rotatable bonds is 9. The molecule has 4 nitrogen and oxygen atoms in total. The summed E-state index contributed by atoms with van der Waals surface area (Å²) in [6, 6.07) is 10.4. The second-order valence-electron chi connectivity index (χ2n) is 7.32. The molecule has 0 fully saturated rings. The number of hydrogen-bond donors (Lipinski definition) is 0. The lowest BCUT2D eigenvalue weighted by Crippen LogP contribution is -2.21. The van der Waals surface area contributed by atoms with Crippen LogP contribution in [0.3, 0.4) is 0 Å². The zero-order chi connectivity index (χ0) is 22.7. The zero-order valence-corrected chi connectivity index (χ0v) is 19.7. The molecule has 0 saturated heterocycles. The van der Waals surface area contributed by atoms with E-state index in [1.807, 2.05) is 45.9 Å². The summed E-state index contributed by atoms with van der Waals surface area (Å²) in [7, 11) is 2.09. The minimum atomic E-state index is -0.223. The number of hydrogen-bond acceptors (Lipinski definition) is 4. The van der Waals surface area contributed by atoms with Gasteiger partial charge in [0.25, 0.3) is 0 Å². The van der Waals surface area contributed by atoms with Gasteiger partial charge in [0, 0.05) is 19.5 Å². The van der Waals surface area contributed by atoms with E-state index in [2.05, 4.69) is 37.9 Å². The van der Waals surface area contributed by atoms with Gasteiger partial charge in [-0.1, -0.05) is 44.2 Å². The Balaban J connectivity index is 0.00000218. The Kier molecular flexibility index (Phi) is 11.1. The lowest BCUT2D eigenvalue weighted by molar-refractivity contribution is -0.142. The van der Waals surface area contributed by atoms with Gasteiger partial charge in [0.2, 0.25) is 0 Å². The van der Waals surface area contributed by atoms with Crippen LogP contribution in [0.2, 0.25) is 0 Å². The monoisotopic (exact) mass is 411 g/mol. The molecule has 0 N–H and O–H groups in total. The maximum Gasteiger partial charge on any atom is 0.310 e. The molecule has 30 heavy (non-hydrogen) atoms. The van der Waals surface area contributed by atoms with Crippen molar-refractivity contribution < 1.29 is 14.3 Å².